The smallest absolute Gasteiger partial charge is 0.129 e. The molecule has 0 bridgehead atoms. The third-order valence-electron chi connectivity index (χ3n) is 3.27. The summed E-state index contributed by atoms with van der Waals surface area (Å²) in [5.74, 6) is 0. The Morgan fingerprint density at radius 3 is 2.82 bits per heavy atom. The van der Waals surface area contributed by atoms with Crippen molar-refractivity contribution in [3.8, 4) is 0 Å². The zero-order valence-corrected chi connectivity index (χ0v) is 14.5. The van der Waals surface area contributed by atoms with Gasteiger partial charge in [-0.25, -0.2) is 9.67 Å². The number of fused-ring (bicyclic) bond motifs is 1. The summed E-state index contributed by atoms with van der Waals surface area (Å²) < 4.78 is 2.89. The fourth-order valence-corrected chi connectivity index (χ4v) is 2.83. The predicted molar refractivity (Wildman–Crippen MR) is 90.6 cm³/mol. The van der Waals surface area contributed by atoms with Gasteiger partial charge in [0, 0.05) is 12.7 Å². The van der Waals surface area contributed by atoms with Crippen molar-refractivity contribution in [2.75, 3.05) is 5.32 Å². The van der Waals surface area contributed by atoms with Crippen LogP contribution in [0.3, 0.4) is 0 Å². The minimum atomic E-state index is 0.157. The zero-order valence-electron chi connectivity index (χ0n) is 12.9. The van der Waals surface area contributed by atoms with E-state index in [0.29, 0.717) is 6.54 Å². The van der Waals surface area contributed by atoms with Gasteiger partial charge in [0.1, 0.15) is 5.52 Å². The van der Waals surface area contributed by atoms with E-state index in [2.05, 4.69) is 68.4 Å². The second-order valence-electron chi connectivity index (χ2n) is 6.53. The summed E-state index contributed by atoms with van der Waals surface area (Å²) in [6.45, 7) is 8.08. The molecule has 3 aromatic rings. The van der Waals surface area contributed by atoms with E-state index in [0.717, 1.165) is 33.4 Å². The molecular weight excluding hydrogens is 344 g/mol. The number of H-pyrrole nitrogens is 1. The molecule has 7 heteroatoms. The lowest BCUT2D eigenvalue weighted by Gasteiger charge is -2.18. The molecule has 2 aromatic heterocycles. The number of halogens is 1. The summed E-state index contributed by atoms with van der Waals surface area (Å²) in [4.78, 5) is 7.08. The van der Waals surface area contributed by atoms with Crippen LogP contribution in [0, 0.1) is 5.41 Å². The quantitative estimate of drug-likeness (QED) is 0.743. The molecule has 0 amide bonds. The molecule has 2 heterocycles. The first-order chi connectivity index (χ1) is 10.4. The molecule has 3 rings (SSSR count). The first-order valence-electron chi connectivity index (χ1n) is 7.17. The number of hydrogen-bond donors (Lipinski definition) is 2. The standard InChI is InChI=1S/C15H19BrN6/c1-15(2,3)8-22-12-5-4-11(13(16)14(12)20-21-22)18-7-10-6-17-9-19-10/h4-6,9,18H,7-8H2,1-3H3,(H,17,19). The largest absolute Gasteiger partial charge is 0.378 e. The monoisotopic (exact) mass is 362 g/mol. The average molecular weight is 363 g/mol. The molecule has 6 nitrogen and oxygen atoms in total. The van der Waals surface area contributed by atoms with Crippen molar-refractivity contribution >= 4 is 32.7 Å². The van der Waals surface area contributed by atoms with E-state index >= 15 is 0 Å². The lowest BCUT2D eigenvalue weighted by molar-refractivity contribution is 0.327. The van der Waals surface area contributed by atoms with E-state index in [1.54, 1.807) is 12.5 Å². The maximum Gasteiger partial charge on any atom is 0.129 e. The van der Waals surface area contributed by atoms with Crippen molar-refractivity contribution < 1.29 is 0 Å². The van der Waals surface area contributed by atoms with Crippen molar-refractivity contribution in [1.82, 2.24) is 25.0 Å². The normalized spacial score (nSPS) is 12.0. The van der Waals surface area contributed by atoms with Crippen LogP contribution in [-0.4, -0.2) is 25.0 Å². The molecule has 0 aliphatic heterocycles. The number of rotatable bonds is 4. The molecule has 0 atom stereocenters. The number of nitrogens with zero attached hydrogens (tertiary/aromatic N) is 4. The van der Waals surface area contributed by atoms with Crippen LogP contribution in [0.15, 0.2) is 29.1 Å². The van der Waals surface area contributed by atoms with Crippen LogP contribution in [0.1, 0.15) is 26.5 Å². The van der Waals surface area contributed by atoms with E-state index in [9.17, 15) is 0 Å². The van der Waals surface area contributed by atoms with Gasteiger partial charge < -0.3 is 10.3 Å². The van der Waals surface area contributed by atoms with Crippen molar-refractivity contribution in [2.24, 2.45) is 5.41 Å². The average Bonchev–Trinajstić information content (AvgIpc) is 3.07. The van der Waals surface area contributed by atoms with Crippen molar-refractivity contribution in [1.29, 1.82) is 0 Å². The molecule has 116 valence electrons. The topological polar surface area (TPSA) is 71.4 Å². The number of benzene rings is 1. The molecule has 0 spiro atoms. The second-order valence-corrected chi connectivity index (χ2v) is 7.33. The summed E-state index contributed by atoms with van der Waals surface area (Å²) in [5, 5.41) is 12.0. The number of hydrogen-bond acceptors (Lipinski definition) is 4. The van der Waals surface area contributed by atoms with Gasteiger partial charge in [-0.05, 0) is 33.5 Å². The third-order valence-corrected chi connectivity index (χ3v) is 4.08. The van der Waals surface area contributed by atoms with Crippen LogP contribution < -0.4 is 5.32 Å². The van der Waals surface area contributed by atoms with Crippen LogP contribution >= 0.6 is 15.9 Å². The molecule has 0 saturated carbocycles. The first kappa shape index (κ1) is 15.0. The minimum absolute atomic E-state index is 0.157. The fourth-order valence-electron chi connectivity index (χ4n) is 2.28. The van der Waals surface area contributed by atoms with Gasteiger partial charge in [-0.1, -0.05) is 26.0 Å². The van der Waals surface area contributed by atoms with Gasteiger partial charge in [0.25, 0.3) is 0 Å². The van der Waals surface area contributed by atoms with E-state index in [1.165, 1.54) is 0 Å². The van der Waals surface area contributed by atoms with Gasteiger partial charge >= 0.3 is 0 Å². The number of nitrogens with one attached hydrogen (secondary N) is 2. The van der Waals surface area contributed by atoms with E-state index in [4.69, 9.17) is 0 Å². The Bertz CT molecular complexity index is 769. The summed E-state index contributed by atoms with van der Waals surface area (Å²) >= 11 is 3.63. The van der Waals surface area contributed by atoms with E-state index in [1.807, 2.05) is 10.7 Å². The van der Waals surface area contributed by atoms with E-state index in [-0.39, 0.29) is 5.41 Å². The number of aromatic amines is 1. The highest BCUT2D eigenvalue weighted by Crippen LogP contribution is 2.31. The molecule has 2 N–H and O–H groups in total. The van der Waals surface area contributed by atoms with Gasteiger partial charge in [0.15, 0.2) is 0 Å². The molecule has 0 fully saturated rings. The maximum atomic E-state index is 4.31. The van der Waals surface area contributed by atoms with Crippen molar-refractivity contribution in [3.63, 3.8) is 0 Å². The Morgan fingerprint density at radius 1 is 1.32 bits per heavy atom. The Labute approximate surface area is 137 Å². The van der Waals surface area contributed by atoms with Gasteiger partial charge in [0.2, 0.25) is 0 Å². The Hall–Kier alpha value is -1.89. The molecule has 22 heavy (non-hydrogen) atoms. The van der Waals surface area contributed by atoms with Crippen molar-refractivity contribution in [2.45, 2.75) is 33.9 Å². The molecule has 0 aliphatic carbocycles. The van der Waals surface area contributed by atoms with Gasteiger partial charge in [-0.3, -0.25) is 0 Å². The van der Waals surface area contributed by atoms with Crippen LogP contribution in [0.5, 0.6) is 0 Å². The van der Waals surface area contributed by atoms with Crippen molar-refractivity contribution in [3.05, 3.63) is 34.8 Å². The molecule has 0 unspecified atom stereocenters. The van der Waals surface area contributed by atoms with Crippen LogP contribution in [0.25, 0.3) is 11.0 Å². The minimum Gasteiger partial charge on any atom is -0.378 e. The number of imidazole rings is 1. The van der Waals surface area contributed by atoms with Gasteiger partial charge in [-0.15, -0.1) is 5.10 Å². The summed E-state index contributed by atoms with van der Waals surface area (Å²) in [7, 11) is 0. The lowest BCUT2D eigenvalue weighted by Crippen LogP contribution is -2.16. The van der Waals surface area contributed by atoms with Crippen LogP contribution in [0.4, 0.5) is 5.69 Å². The Balaban J connectivity index is 1.87. The number of aromatic nitrogens is 5. The number of anilines is 1. The highest BCUT2D eigenvalue weighted by molar-refractivity contribution is 9.10. The summed E-state index contributed by atoms with van der Waals surface area (Å²) in [6.07, 6.45) is 3.48. The summed E-state index contributed by atoms with van der Waals surface area (Å²) in [6, 6.07) is 4.10. The molecule has 0 radical (unpaired) electrons. The fraction of sp³-hybridized carbons (Fsp3) is 0.400. The second kappa shape index (κ2) is 5.72. The molecule has 1 aromatic carbocycles. The van der Waals surface area contributed by atoms with Gasteiger partial charge in [0.05, 0.1) is 34.2 Å². The molecule has 0 aliphatic rings. The Morgan fingerprint density at radius 2 is 2.14 bits per heavy atom. The zero-order chi connectivity index (χ0) is 15.7. The van der Waals surface area contributed by atoms with Crippen LogP contribution in [0.2, 0.25) is 0 Å². The third kappa shape index (κ3) is 3.14. The Kier molecular flexibility index (Phi) is 3.90. The van der Waals surface area contributed by atoms with Gasteiger partial charge in [-0.2, -0.15) is 0 Å². The highest BCUT2D eigenvalue weighted by Gasteiger charge is 2.16. The molecule has 0 saturated heterocycles. The van der Waals surface area contributed by atoms with E-state index < -0.39 is 0 Å². The molecular formula is C15H19BrN6. The van der Waals surface area contributed by atoms with Crippen LogP contribution in [-0.2, 0) is 13.1 Å². The maximum absolute atomic E-state index is 4.31. The first-order valence-corrected chi connectivity index (χ1v) is 7.96. The lowest BCUT2D eigenvalue weighted by atomic mass is 9.97. The SMILES string of the molecule is CC(C)(C)Cn1nnc2c(Br)c(NCc3cnc[nH]3)ccc21. The summed E-state index contributed by atoms with van der Waals surface area (Å²) in [5.41, 5.74) is 4.09. The predicted octanol–water partition coefficient (Wildman–Crippen LogP) is 3.58. The highest BCUT2D eigenvalue weighted by atomic mass is 79.9.